The van der Waals surface area contributed by atoms with E-state index in [0.717, 1.165) is 25.2 Å². The average Bonchev–Trinajstić information content (AvgIpc) is 2.29. The van der Waals surface area contributed by atoms with Crippen LogP contribution in [0.5, 0.6) is 0 Å². The van der Waals surface area contributed by atoms with Gasteiger partial charge in [-0.25, -0.2) is 8.78 Å². The number of halogens is 2. The van der Waals surface area contributed by atoms with E-state index in [1.165, 1.54) is 6.07 Å². The Morgan fingerprint density at radius 1 is 1.45 bits per heavy atom. The lowest BCUT2D eigenvalue weighted by atomic mass is 10.0. The van der Waals surface area contributed by atoms with Gasteiger partial charge in [0.15, 0.2) is 0 Å². The molecule has 1 aromatic rings. The molecule has 0 amide bonds. The molecular formula is C15H22F2N2O. The zero-order chi connectivity index (χ0) is 14.9. The Balaban J connectivity index is 2.07. The van der Waals surface area contributed by atoms with Crippen LogP contribution in [-0.2, 0) is 4.74 Å². The van der Waals surface area contributed by atoms with Gasteiger partial charge in [-0.3, -0.25) is 4.90 Å². The van der Waals surface area contributed by atoms with Gasteiger partial charge >= 0.3 is 0 Å². The van der Waals surface area contributed by atoms with Crippen molar-refractivity contribution in [3.63, 3.8) is 0 Å². The van der Waals surface area contributed by atoms with Gasteiger partial charge in [0.1, 0.15) is 11.6 Å². The van der Waals surface area contributed by atoms with Crippen molar-refractivity contribution in [1.29, 1.82) is 0 Å². The van der Waals surface area contributed by atoms with Crippen LogP contribution in [0.1, 0.15) is 32.4 Å². The van der Waals surface area contributed by atoms with Gasteiger partial charge in [-0.2, -0.15) is 0 Å². The van der Waals surface area contributed by atoms with Crippen LogP contribution < -0.4 is 5.73 Å². The minimum absolute atomic E-state index is 0.100. The number of nitrogens with zero attached hydrogens (tertiary/aromatic N) is 1. The summed E-state index contributed by atoms with van der Waals surface area (Å²) >= 11 is 0. The predicted octanol–water partition coefficient (Wildman–Crippen LogP) is 2.46. The van der Waals surface area contributed by atoms with Crippen LogP contribution in [-0.4, -0.2) is 36.2 Å². The number of hydrogen-bond acceptors (Lipinski definition) is 3. The lowest BCUT2D eigenvalue weighted by molar-refractivity contribution is -0.129. The molecule has 20 heavy (non-hydrogen) atoms. The molecule has 112 valence electrons. The van der Waals surface area contributed by atoms with Gasteiger partial charge in [0.25, 0.3) is 0 Å². The number of ether oxygens (including phenoxy) is 1. The third-order valence-electron chi connectivity index (χ3n) is 3.45. The highest BCUT2D eigenvalue weighted by atomic mass is 19.1. The SMILES string of the molecule is CC1CN(CC(N)c2cc(F)ccc2F)CC(C)(C)O1. The molecule has 1 heterocycles. The van der Waals surface area contributed by atoms with E-state index in [0.29, 0.717) is 6.54 Å². The van der Waals surface area contributed by atoms with Crippen molar-refractivity contribution >= 4 is 0 Å². The second-order valence-corrected chi connectivity index (χ2v) is 6.15. The first-order valence-corrected chi connectivity index (χ1v) is 6.87. The Kier molecular flexibility index (Phi) is 4.42. The molecule has 0 aromatic heterocycles. The Morgan fingerprint density at radius 3 is 2.80 bits per heavy atom. The monoisotopic (exact) mass is 284 g/mol. The first-order valence-electron chi connectivity index (χ1n) is 6.87. The zero-order valence-corrected chi connectivity index (χ0v) is 12.2. The third kappa shape index (κ3) is 3.75. The summed E-state index contributed by atoms with van der Waals surface area (Å²) in [6.45, 7) is 7.99. The molecule has 3 nitrogen and oxygen atoms in total. The lowest BCUT2D eigenvalue weighted by Crippen LogP contribution is -2.53. The maximum atomic E-state index is 13.7. The summed E-state index contributed by atoms with van der Waals surface area (Å²) in [7, 11) is 0. The lowest BCUT2D eigenvalue weighted by Gasteiger charge is -2.42. The normalized spacial score (nSPS) is 24.6. The predicted molar refractivity (Wildman–Crippen MR) is 74.4 cm³/mol. The standard InChI is InChI=1S/C15H22F2N2O/c1-10-7-19(9-15(2,3)20-10)8-14(18)12-6-11(16)4-5-13(12)17/h4-6,10,14H,7-9,18H2,1-3H3. The molecule has 5 heteroatoms. The van der Waals surface area contributed by atoms with E-state index in [4.69, 9.17) is 10.5 Å². The first-order chi connectivity index (χ1) is 9.27. The number of rotatable bonds is 3. The van der Waals surface area contributed by atoms with E-state index >= 15 is 0 Å². The largest absolute Gasteiger partial charge is 0.370 e. The molecule has 0 bridgehead atoms. The van der Waals surface area contributed by atoms with Gasteiger partial charge in [-0.1, -0.05) is 0 Å². The van der Waals surface area contributed by atoms with Crippen LogP contribution in [0.3, 0.4) is 0 Å². The summed E-state index contributed by atoms with van der Waals surface area (Å²) in [4.78, 5) is 2.14. The number of nitrogens with two attached hydrogens (primary N) is 1. The molecule has 0 saturated carbocycles. The van der Waals surface area contributed by atoms with Crippen molar-refractivity contribution in [1.82, 2.24) is 4.90 Å². The second kappa shape index (κ2) is 5.76. The van der Waals surface area contributed by atoms with Gasteiger partial charge < -0.3 is 10.5 Å². The highest BCUT2D eigenvalue weighted by Gasteiger charge is 2.32. The summed E-state index contributed by atoms with van der Waals surface area (Å²) in [5.74, 6) is -0.924. The minimum Gasteiger partial charge on any atom is -0.370 e. The highest BCUT2D eigenvalue weighted by molar-refractivity contribution is 5.22. The summed E-state index contributed by atoms with van der Waals surface area (Å²) in [5, 5.41) is 0. The maximum Gasteiger partial charge on any atom is 0.128 e. The molecule has 1 aliphatic rings. The molecule has 0 radical (unpaired) electrons. The molecular weight excluding hydrogens is 262 g/mol. The number of hydrogen-bond donors (Lipinski definition) is 1. The van der Waals surface area contributed by atoms with Crippen LogP contribution in [0.2, 0.25) is 0 Å². The molecule has 0 aliphatic carbocycles. The zero-order valence-electron chi connectivity index (χ0n) is 12.2. The molecule has 1 aromatic carbocycles. The first kappa shape index (κ1) is 15.4. The fraction of sp³-hybridized carbons (Fsp3) is 0.600. The van der Waals surface area contributed by atoms with Gasteiger partial charge in [-0.15, -0.1) is 0 Å². The molecule has 2 rings (SSSR count). The smallest absolute Gasteiger partial charge is 0.128 e. The van der Waals surface area contributed by atoms with Crippen LogP contribution in [0.25, 0.3) is 0 Å². The van der Waals surface area contributed by atoms with Crippen molar-refractivity contribution in [2.24, 2.45) is 5.73 Å². The number of benzene rings is 1. The van der Waals surface area contributed by atoms with Crippen molar-refractivity contribution in [2.75, 3.05) is 19.6 Å². The third-order valence-corrected chi connectivity index (χ3v) is 3.45. The van der Waals surface area contributed by atoms with Gasteiger partial charge in [0, 0.05) is 31.2 Å². The van der Waals surface area contributed by atoms with Crippen molar-refractivity contribution in [2.45, 2.75) is 38.5 Å². The molecule has 1 saturated heterocycles. The quantitative estimate of drug-likeness (QED) is 0.926. The average molecular weight is 284 g/mol. The second-order valence-electron chi connectivity index (χ2n) is 6.15. The van der Waals surface area contributed by atoms with Crippen LogP contribution in [0.15, 0.2) is 18.2 Å². The van der Waals surface area contributed by atoms with Crippen LogP contribution >= 0.6 is 0 Å². The van der Waals surface area contributed by atoms with Crippen LogP contribution in [0.4, 0.5) is 8.78 Å². The van der Waals surface area contributed by atoms with E-state index < -0.39 is 17.7 Å². The van der Waals surface area contributed by atoms with Crippen molar-refractivity contribution in [3.05, 3.63) is 35.4 Å². The van der Waals surface area contributed by atoms with Crippen molar-refractivity contribution in [3.8, 4) is 0 Å². The summed E-state index contributed by atoms with van der Waals surface area (Å²) in [6, 6.07) is 2.85. The van der Waals surface area contributed by atoms with Gasteiger partial charge in [0.05, 0.1) is 11.7 Å². The molecule has 2 atom stereocenters. The van der Waals surface area contributed by atoms with E-state index in [9.17, 15) is 8.78 Å². The summed E-state index contributed by atoms with van der Waals surface area (Å²) in [5.41, 5.74) is 6.01. The van der Waals surface area contributed by atoms with Gasteiger partial charge in [0.2, 0.25) is 0 Å². The highest BCUT2D eigenvalue weighted by Crippen LogP contribution is 2.23. The van der Waals surface area contributed by atoms with Crippen LogP contribution in [0, 0.1) is 11.6 Å². The Morgan fingerprint density at radius 2 is 2.15 bits per heavy atom. The topological polar surface area (TPSA) is 38.5 Å². The van der Waals surface area contributed by atoms with E-state index in [1.54, 1.807) is 0 Å². The molecule has 0 spiro atoms. The molecule has 2 N–H and O–H groups in total. The maximum absolute atomic E-state index is 13.7. The fourth-order valence-electron chi connectivity index (χ4n) is 2.90. The minimum atomic E-state index is -0.549. The Labute approximate surface area is 118 Å². The Bertz CT molecular complexity index is 479. The van der Waals surface area contributed by atoms with Crippen molar-refractivity contribution < 1.29 is 13.5 Å². The summed E-state index contributed by atoms with van der Waals surface area (Å²) < 4.78 is 32.7. The van der Waals surface area contributed by atoms with Gasteiger partial charge in [-0.05, 0) is 39.0 Å². The Hall–Kier alpha value is -1.04. The van der Waals surface area contributed by atoms with E-state index in [2.05, 4.69) is 4.90 Å². The number of morpholine rings is 1. The molecule has 1 aliphatic heterocycles. The van der Waals surface area contributed by atoms with E-state index in [1.807, 2.05) is 20.8 Å². The summed E-state index contributed by atoms with van der Waals surface area (Å²) in [6.07, 6.45) is 0.100. The molecule has 2 unspecified atom stereocenters. The molecule has 1 fully saturated rings. The fourth-order valence-corrected chi connectivity index (χ4v) is 2.90. The van der Waals surface area contributed by atoms with E-state index in [-0.39, 0.29) is 17.3 Å².